The number of unbranched alkanes of at least 4 members (excludes halogenated alkanes) is 2. The lowest BCUT2D eigenvalue weighted by Gasteiger charge is -2.26. The highest BCUT2D eigenvalue weighted by Crippen LogP contribution is 2.43. The molecule has 0 radical (unpaired) electrons. The van der Waals surface area contributed by atoms with Gasteiger partial charge < -0.3 is 4.74 Å². The van der Waals surface area contributed by atoms with E-state index in [1.165, 1.54) is 20.0 Å². The molecule has 0 N–H and O–H groups in total. The van der Waals surface area contributed by atoms with Gasteiger partial charge in [-0.3, -0.25) is 9.59 Å². The molecule has 0 spiro atoms. The second-order valence-corrected chi connectivity index (χ2v) is 4.93. The molecule has 1 atom stereocenters. The van der Waals surface area contributed by atoms with E-state index in [0.29, 0.717) is 25.0 Å². The number of hydrogen-bond donors (Lipinski definition) is 0. The number of carbonyl (C=O) groups is 2. The highest BCUT2D eigenvalue weighted by atomic mass is 16.5. The molecule has 16 heavy (non-hydrogen) atoms. The molecule has 92 valence electrons. The predicted molar refractivity (Wildman–Crippen MR) is 62.1 cm³/mol. The van der Waals surface area contributed by atoms with Crippen LogP contribution in [0.15, 0.2) is 0 Å². The summed E-state index contributed by atoms with van der Waals surface area (Å²) in [5, 5.41) is 0. The van der Waals surface area contributed by atoms with Gasteiger partial charge in [-0.1, -0.05) is 26.2 Å². The Morgan fingerprint density at radius 2 is 2.19 bits per heavy atom. The molecule has 0 heterocycles. The zero-order valence-electron chi connectivity index (χ0n) is 10.4. The number of esters is 1. The summed E-state index contributed by atoms with van der Waals surface area (Å²) >= 11 is 0. The van der Waals surface area contributed by atoms with Crippen LogP contribution in [0.25, 0.3) is 0 Å². The average Bonchev–Trinajstić information content (AvgIpc) is 2.61. The van der Waals surface area contributed by atoms with Crippen LogP contribution in [-0.2, 0) is 14.3 Å². The molecule has 1 unspecified atom stereocenters. The fourth-order valence-corrected chi connectivity index (χ4v) is 2.58. The van der Waals surface area contributed by atoms with Crippen molar-refractivity contribution in [3.63, 3.8) is 0 Å². The van der Waals surface area contributed by atoms with E-state index in [1.54, 1.807) is 0 Å². The Labute approximate surface area is 97.5 Å². The summed E-state index contributed by atoms with van der Waals surface area (Å²) in [4.78, 5) is 22.8. The van der Waals surface area contributed by atoms with Crippen molar-refractivity contribution in [2.75, 3.05) is 7.11 Å². The fourth-order valence-electron chi connectivity index (χ4n) is 2.58. The molecule has 0 aromatic heterocycles. The van der Waals surface area contributed by atoms with Gasteiger partial charge in [0.15, 0.2) is 0 Å². The van der Waals surface area contributed by atoms with Crippen LogP contribution in [0, 0.1) is 5.41 Å². The second kappa shape index (κ2) is 6.02. The van der Waals surface area contributed by atoms with Crippen molar-refractivity contribution in [2.24, 2.45) is 5.41 Å². The Bertz CT molecular complexity index is 260. The van der Waals surface area contributed by atoms with Crippen LogP contribution in [0.4, 0.5) is 0 Å². The van der Waals surface area contributed by atoms with E-state index in [-0.39, 0.29) is 11.4 Å². The van der Waals surface area contributed by atoms with Crippen LogP contribution in [0.1, 0.15) is 58.3 Å². The van der Waals surface area contributed by atoms with Gasteiger partial charge in [0, 0.05) is 12.8 Å². The number of ether oxygens (including phenoxy) is 1. The molecule has 0 aliphatic heterocycles. The molecule has 0 saturated heterocycles. The average molecular weight is 226 g/mol. The second-order valence-electron chi connectivity index (χ2n) is 4.93. The third-order valence-corrected chi connectivity index (χ3v) is 3.56. The normalized spacial score (nSPS) is 24.8. The first-order chi connectivity index (χ1) is 7.62. The Kier molecular flexibility index (Phi) is 4.97. The van der Waals surface area contributed by atoms with Gasteiger partial charge in [0.2, 0.25) is 0 Å². The molecule has 0 amide bonds. The Hall–Kier alpha value is -0.860. The number of ketones is 1. The van der Waals surface area contributed by atoms with Gasteiger partial charge in [-0.15, -0.1) is 0 Å². The summed E-state index contributed by atoms with van der Waals surface area (Å²) in [5.41, 5.74) is -0.0840. The van der Waals surface area contributed by atoms with Crippen molar-refractivity contribution in [3.8, 4) is 0 Å². The van der Waals surface area contributed by atoms with E-state index in [0.717, 1.165) is 19.3 Å². The predicted octanol–water partition coefficient (Wildman–Crippen LogP) is 2.87. The number of carbonyl (C=O) groups excluding carboxylic acids is 2. The first kappa shape index (κ1) is 13.2. The topological polar surface area (TPSA) is 43.4 Å². The highest BCUT2D eigenvalue weighted by molar-refractivity contribution is 5.83. The lowest BCUT2D eigenvalue weighted by Crippen LogP contribution is -2.22. The maximum absolute atomic E-state index is 11.4. The third-order valence-electron chi connectivity index (χ3n) is 3.56. The van der Waals surface area contributed by atoms with E-state index < -0.39 is 0 Å². The van der Waals surface area contributed by atoms with Gasteiger partial charge in [-0.05, 0) is 18.3 Å². The summed E-state index contributed by atoms with van der Waals surface area (Å²) < 4.78 is 4.73. The SMILES string of the molecule is CCCCCC1(CC(=O)OC)CCC(=O)C1. The first-order valence-electron chi connectivity index (χ1n) is 6.20. The molecule has 1 fully saturated rings. The van der Waals surface area contributed by atoms with Gasteiger partial charge in [-0.2, -0.15) is 0 Å². The first-order valence-corrected chi connectivity index (χ1v) is 6.20. The Balaban J connectivity index is 2.54. The van der Waals surface area contributed by atoms with E-state index in [2.05, 4.69) is 6.92 Å². The van der Waals surface area contributed by atoms with Gasteiger partial charge in [0.1, 0.15) is 5.78 Å². The molecular weight excluding hydrogens is 204 g/mol. The smallest absolute Gasteiger partial charge is 0.306 e. The molecule has 0 aromatic carbocycles. The van der Waals surface area contributed by atoms with Crippen LogP contribution < -0.4 is 0 Å². The van der Waals surface area contributed by atoms with Crippen LogP contribution >= 0.6 is 0 Å². The molecule has 0 aromatic rings. The largest absolute Gasteiger partial charge is 0.469 e. The minimum atomic E-state index is -0.175. The minimum Gasteiger partial charge on any atom is -0.469 e. The molecule has 3 nitrogen and oxygen atoms in total. The van der Waals surface area contributed by atoms with Crippen molar-refractivity contribution in [1.29, 1.82) is 0 Å². The summed E-state index contributed by atoms with van der Waals surface area (Å²) in [6.45, 7) is 2.16. The standard InChI is InChI=1S/C13H22O3/c1-3-4-5-7-13(10-12(15)16-2)8-6-11(14)9-13/h3-10H2,1-2H3. The lowest BCUT2D eigenvalue weighted by molar-refractivity contribution is -0.143. The van der Waals surface area contributed by atoms with Crippen LogP contribution in [0.5, 0.6) is 0 Å². The van der Waals surface area contributed by atoms with Crippen molar-refractivity contribution in [2.45, 2.75) is 58.3 Å². The van der Waals surface area contributed by atoms with E-state index in [4.69, 9.17) is 4.74 Å². The van der Waals surface area contributed by atoms with E-state index in [9.17, 15) is 9.59 Å². The summed E-state index contributed by atoms with van der Waals surface area (Å²) in [7, 11) is 1.42. The fraction of sp³-hybridized carbons (Fsp3) is 0.846. The van der Waals surface area contributed by atoms with E-state index >= 15 is 0 Å². The molecule has 3 heteroatoms. The van der Waals surface area contributed by atoms with Gasteiger partial charge >= 0.3 is 5.97 Å². The van der Waals surface area contributed by atoms with Crippen molar-refractivity contribution < 1.29 is 14.3 Å². The van der Waals surface area contributed by atoms with Gasteiger partial charge in [0.05, 0.1) is 13.5 Å². The highest BCUT2D eigenvalue weighted by Gasteiger charge is 2.39. The lowest BCUT2D eigenvalue weighted by atomic mass is 9.78. The van der Waals surface area contributed by atoms with Crippen molar-refractivity contribution in [1.82, 2.24) is 0 Å². The number of rotatable bonds is 6. The van der Waals surface area contributed by atoms with Crippen LogP contribution in [0.2, 0.25) is 0 Å². The summed E-state index contributed by atoms with van der Waals surface area (Å²) in [5.74, 6) is 0.131. The number of Topliss-reactive ketones (excluding diaryl/α,β-unsaturated/α-hetero) is 1. The third kappa shape index (κ3) is 3.62. The summed E-state index contributed by atoms with van der Waals surface area (Å²) in [6.07, 6.45) is 6.94. The zero-order valence-corrected chi connectivity index (χ0v) is 10.4. The molecule has 1 aliphatic carbocycles. The Morgan fingerprint density at radius 3 is 2.69 bits per heavy atom. The van der Waals surface area contributed by atoms with Crippen LogP contribution in [0.3, 0.4) is 0 Å². The minimum absolute atomic E-state index is 0.0840. The van der Waals surface area contributed by atoms with Crippen LogP contribution in [-0.4, -0.2) is 18.9 Å². The summed E-state index contributed by atoms with van der Waals surface area (Å²) in [6, 6.07) is 0. The number of methoxy groups -OCH3 is 1. The van der Waals surface area contributed by atoms with Gasteiger partial charge in [0.25, 0.3) is 0 Å². The van der Waals surface area contributed by atoms with Crippen molar-refractivity contribution in [3.05, 3.63) is 0 Å². The quantitative estimate of drug-likeness (QED) is 0.516. The zero-order chi connectivity index (χ0) is 12.0. The molecule has 1 saturated carbocycles. The number of hydrogen-bond acceptors (Lipinski definition) is 3. The molecular formula is C13H22O3. The van der Waals surface area contributed by atoms with Gasteiger partial charge in [-0.25, -0.2) is 0 Å². The molecule has 1 aliphatic rings. The van der Waals surface area contributed by atoms with Crippen molar-refractivity contribution >= 4 is 11.8 Å². The molecule has 1 rings (SSSR count). The van der Waals surface area contributed by atoms with E-state index in [1.807, 2.05) is 0 Å². The molecule has 0 bridgehead atoms. The monoisotopic (exact) mass is 226 g/mol. The maximum Gasteiger partial charge on any atom is 0.306 e. The maximum atomic E-state index is 11.4. The Morgan fingerprint density at radius 1 is 1.44 bits per heavy atom.